The molecule has 0 unspecified atom stereocenters. The minimum absolute atomic E-state index is 0.0335. The Labute approximate surface area is 126 Å². The first-order valence-electron chi connectivity index (χ1n) is 7.41. The average Bonchev–Trinajstić information content (AvgIpc) is 2.82. The molecular formula is C16H21NO3S. The number of Topliss-reactive ketones (excluding diaryl/α,β-unsaturated/α-hetero) is 1. The van der Waals surface area contributed by atoms with Gasteiger partial charge in [0.15, 0.2) is 15.6 Å². The zero-order chi connectivity index (χ0) is 15.3. The van der Waals surface area contributed by atoms with Gasteiger partial charge < -0.3 is 4.90 Å². The second kappa shape index (κ2) is 4.83. The van der Waals surface area contributed by atoms with Crippen molar-refractivity contribution in [2.45, 2.75) is 37.5 Å². The smallest absolute Gasteiger partial charge is 0.177 e. The molecule has 0 radical (unpaired) electrons. The Balaban J connectivity index is 2.02. The van der Waals surface area contributed by atoms with Crippen LogP contribution in [0.3, 0.4) is 0 Å². The van der Waals surface area contributed by atoms with Crippen molar-refractivity contribution < 1.29 is 13.2 Å². The Bertz CT molecular complexity index is 689. The molecular weight excluding hydrogens is 286 g/mol. The molecule has 0 aromatic heterocycles. The van der Waals surface area contributed by atoms with E-state index < -0.39 is 9.84 Å². The van der Waals surface area contributed by atoms with Gasteiger partial charge in [0.25, 0.3) is 0 Å². The molecule has 0 N–H and O–H groups in total. The normalized spacial score (nSPS) is 20.6. The molecule has 0 amide bonds. The third kappa shape index (κ3) is 2.59. The summed E-state index contributed by atoms with van der Waals surface area (Å²) in [5.74, 6) is -0.0335. The van der Waals surface area contributed by atoms with Crippen LogP contribution >= 0.6 is 0 Å². The van der Waals surface area contributed by atoms with E-state index in [4.69, 9.17) is 0 Å². The van der Waals surface area contributed by atoms with E-state index in [1.54, 1.807) is 18.2 Å². The van der Waals surface area contributed by atoms with Crippen LogP contribution in [0.15, 0.2) is 23.1 Å². The van der Waals surface area contributed by atoms with Crippen LogP contribution in [0.2, 0.25) is 0 Å². The number of benzene rings is 1. The third-order valence-corrected chi connectivity index (χ3v) is 6.10. The lowest BCUT2D eigenvalue weighted by Crippen LogP contribution is -2.33. The molecule has 3 rings (SSSR count). The van der Waals surface area contributed by atoms with Gasteiger partial charge >= 0.3 is 0 Å². The summed E-state index contributed by atoms with van der Waals surface area (Å²) in [4.78, 5) is 14.1. The number of anilines is 1. The summed E-state index contributed by atoms with van der Waals surface area (Å²) < 4.78 is 24.0. The summed E-state index contributed by atoms with van der Waals surface area (Å²) in [7, 11) is -3.29. The summed E-state index contributed by atoms with van der Waals surface area (Å²) in [5, 5.41) is 0. The van der Waals surface area contributed by atoms with Gasteiger partial charge in [-0.2, -0.15) is 0 Å². The summed E-state index contributed by atoms with van der Waals surface area (Å²) in [5.41, 5.74) is 1.67. The van der Waals surface area contributed by atoms with Crippen molar-refractivity contribution in [2.75, 3.05) is 24.2 Å². The minimum atomic E-state index is -3.29. The SMILES string of the molecule is CC(=O)c1ccc(S(C)(=O)=O)c(N2CCC3(CCC3)C2)c1. The lowest BCUT2D eigenvalue weighted by molar-refractivity contribution is 0.101. The van der Waals surface area contributed by atoms with Gasteiger partial charge in [0.2, 0.25) is 0 Å². The first kappa shape index (κ1) is 14.6. The summed E-state index contributed by atoms with van der Waals surface area (Å²) >= 11 is 0. The predicted molar refractivity (Wildman–Crippen MR) is 82.7 cm³/mol. The summed E-state index contributed by atoms with van der Waals surface area (Å²) in [6, 6.07) is 4.93. The Hall–Kier alpha value is -1.36. The highest BCUT2D eigenvalue weighted by molar-refractivity contribution is 7.90. The van der Waals surface area contributed by atoms with Crippen LogP contribution in [-0.2, 0) is 9.84 Å². The lowest BCUT2D eigenvalue weighted by atomic mass is 9.68. The van der Waals surface area contributed by atoms with Gasteiger partial charge in [-0.3, -0.25) is 4.79 Å². The Morgan fingerprint density at radius 1 is 1.24 bits per heavy atom. The van der Waals surface area contributed by atoms with Gasteiger partial charge in [0.05, 0.1) is 10.6 Å². The van der Waals surface area contributed by atoms with Crippen LogP contribution in [0.5, 0.6) is 0 Å². The molecule has 1 aliphatic heterocycles. The highest BCUT2D eigenvalue weighted by atomic mass is 32.2. The molecule has 1 aromatic rings. The Morgan fingerprint density at radius 3 is 2.43 bits per heavy atom. The minimum Gasteiger partial charge on any atom is -0.370 e. The highest BCUT2D eigenvalue weighted by Gasteiger charge is 2.43. The van der Waals surface area contributed by atoms with Gasteiger partial charge in [-0.05, 0) is 49.8 Å². The highest BCUT2D eigenvalue weighted by Crippen LogP contribution is 2.49. The maximum absolute atomic E-state index is 12.0. The predicted octanol–water partition coefficient (Wildman–Crippen LogP) is 2.67. The molecule has 0 atom stereocenters. The molecule has 5 heteroatoms. The van der Waals surface area contributed by atoms with Gasteiger partial charge in [0, 0.05) is 24.9 Å². The van der Waals surface area contributed by atoms with Crippen molar-refractivity contribution in [3.63, 3.8) is 0 Å². The third-order valence-electron chi connectivity index (χ3n) is 4.96. The van der Waals surface area contributed by atoms with E-state index in [0.29, 0.717) is 21.6 Å². The standard InChI is InChI=1S/C16H21NO3S/c1-12(18)13-4-5-15(21(2,19)20)14(10-13)17-9-8-16(11-17)6-3-7-16/h4-5,10H,3,6-9,11H2,1-2H3. The first-order valence-corrected chi connectivity index (χ1v) is 9.30. The number of carbonyl (C=O) groups excluding carboxylic acids is 1. The average molecular weight is 307 g/mol. The number of rotatable bonds is 3. The van der Waals surface area contributed by atoms with Gasteiger partial charge in [-0.25, -0.2) is 8.42 Å². The van der Waals surface area contributed by atoms with Crippen LogP contribution in [0.1, 0.15) is 43.0 Å². The van der Waals surface area contributed by atoms with Gasteiger partial charge in [-0.15, -0.1) is 0 Å². The number of ketones is 1. The van der Waals surface area contributed by atoms with Crippen molar-refractivity contribution in [1.82, 2.24) is 0 Å². The summed E-state index contributed by atoms with van der Waals surface area (Å²) in [6.07, 6.45) is 6.11. The molecule has 1 aliphatic carbocycles. The van der Waals surface area contributed by atoms with Crippen LogP contribution in [0.25, 0.3) is 0 Å². The van der Waals surface area contributed by atoms with Crippen LogP contribution in [0.4, 0.5) is 5.69 Å². The van der Waals surface area contributed by atoms with Crippen molar-refractivity contribution in [1.29, 1.82) is 0 Å². The van der Waals surface area contributed by atoms with E-state index >= 15 is 0 Å². The monoisotopic (exact) mass is 307 g/mol. The molecule has 2 aliphatic rings. The fraction of sp³-hybridized carbons (Fsp3) is 0.562. The molecule has 1 saturated carbocycles. The van der Waals surface area contributed by atoms with E-state index in [1.165, 1.54) is 32.4 Å². The maximum Gasteiger partial charge on any atom is 0.177 e. The number of hydrogen-bond donors (Lipinski definition) is 0. The van der Waals surface area contributed by atoms with Crippen LogP contribution < -0.4 is 4.90 Å². The Kier molecular flexibility index (Phi) is 3.35. The van der Waals surface area contributed by atoms with Gasteiger partial charge in [0.1, 0.15) is 0 Å². The zero-order valence-corrected chi connectivity index (χ0v) is 13.4. The molecule has 2 fully saturated rings. The van der Waals surface area contributed by atoms with Crippen LogP contribution in [0, 0.1) is 5.41 Å². The fourth-order valence-electron chi connectivity index (χ4n) is 3.52. The van der Waals surface area contributed by atoms with Crippen molar-refractivity contribution in [3.05, 3.63) is 23.8 Å². The molecule has 1 heterocycles. The largest absolute Gasteiger partial charge is 0.370 e. The zero-order valence-electron chi connectivity index (χ0n) is 12.6. The van der Waals surface area contributed by atoms with Crippen molar-refractivity contribution in [3.8, 4) is 0 Å². The molecule has 0 bridgehead atoms. The van der Waals surface area contributed by atoms with Crippen molar-refractivity contribution in [2.24, 2.45) is 5.41 Å². The Morgan fingerprint density at radius 2 is 1.95 bits per heavy atom. The van der Waals surface area contributed by atoms with Gasteiger partial charge in [-0.1, -0.05) is 6.42 Å². The number of nitrogens with zero attached hydrogens (tertiary/aromatic N) is 1. The second-order valence-corrected chi connectivity index (χ2v) is 8.52. The maximum atomic E-state index is 12.0. The molecule has 4 nitrogen and oxygen atoms in total. The van der Waals surface area contributed by atoms with Crippen LogP contribution in [-0.4, -0.2) is 33.5 Å². The molecule has 1 spiro atoms. The number of sulfone groups is 1. The first-order chi connectivity index (χ1) is 9.81. The quantitative estimate of drug-likeness (QED) is 0.806. The molecule has 114 valence electrons. The molecule has 21 heavy (non-hydrogen) atoms. The summed E-state index contributed by atoms with van der Waals surface area (Å²) in [6.45, 7) is 3.30. The fourth-order valence-corrected chi connectivity index (χ4v) is 4.41. The second-order valence-electron chi connectivity index (χ2n) is 6.54. The molecule has 1 saturated heterocycles. The van der Waals surface area contributed by atoms with E-state index in [0.717, 1.165) is 19.5 Å². The number of hydrogen-bond acceptors (Lipinski definition) is 4. The van der Waals surface area contributed by atoms with Crippen molar-refractivity contribution >= 4 is 21.3 Å². The lowest BCUT2D eigenvalue weighted by Gasteiger charge is -2.38. The van der Waals surface area contributed by atoms with E-state index in [9.17, 15) is 13.2 Å². The van der Waals surface area contributed by atoms with E-state index in [2.05, 4.69) is 4.90 Å². The van der Waals surface area contributed by atoms with E-state index in [-0.39, 0.29) is 5.78 Å². The topological polar surface area (TPSA) is 54.5 Å². The number of carbonyl (C=O) groups is 1. The molecule has 1 aromatic carbocycles. The van der Waals surface area contributed by atoms with E-state index in [1.807, 2.05) is 0 Å².